The highest BCUT2D eigenvalue weighted by atomic mass is 127. The zero-order chi connectivity index (χ0) is 14.4. The second kappa shape index (κ2) is 7.15. The Balaban J connectivity index is 1.99. The summed E-state index contributed by atoms with van der Waals surface area (Å²) in [5.74, 6) is 0.707. The lowest BCUT2D eigenvalue weighted by atomic mass is 10.1. The van der Waals surface area contributed by atoms with Crippen molar-refractivity contribution in [3.8, 4) is 11.8 Å². The van der Waals surface area contributed by atoms with Gasteiger partial charge in [0.15, 0.2) is 6.61 Å². The number of ether oxygens (including phenoxy) is 1. The van der Waals surface area contributed by atoms with Crippen LogP contribution < -0.4 is 10.1 Å². The van der Waals surface area contributed by atoms with Gasteiger partial charge in [0, 0.05) is 15.3 Å². The van der Waals surface area contributed by atoms with E-state index in [2.05, 4.69) is 59.1 Å². The van der Waals surface area contributed by atoms with Crippen LogP contribution in [0.5, 0.6) is 5.75 Å². The molecule has 0 spiro atoms. The first-order valence-corrected chi connectivity index (χ1v) is 7.39. The normalized spacial score (nSPS) is 11.4. The van der Waals surface area contributed by atoms with E-state index in [-0.39, 0.29) is 12.6 Å². The largest absolute Gasteiger partial charge is 0.479 e. The van der Waals surface area contributed by atoms with Gasteiger partial charge in [-0.15, -0.1) is 0 Å². The van der Waals surface area contributed by atoms with Gasteiger partial charge in [0.05, 0.1) is 0 Å². The van der Waals surface area contributed by atoms with Gasteiger partial charge in [0.2, 0.25) is 0 Å². The van der Waals surface area contributed by atoms with Crippen molar-refractivity contribution in [1.29, 1.82) is 5.26 Å². The standard InChI is InChI=1S/C16H15IN2O/c1-12(13-2-4-14(17)5-3-13)19-15-6-8-16(9-7-15)20-11-10-18/h2-9,12,19H,11H2,1H3. The number of nitrogens with one attached hydrogen (secondary N) is 1. The maximum Gasteiger partial charge on any atom is 0.174 e. The first kappa shape index (κ1) is 14.7. The van der Waals surface area contributed by atoms with E-state index < -0.39 is 0 Å². The smallest absolute Gasteiger partial charge is 0.174 e. The molecular formula is C16H15IN2O. The summed E-state index contributed by atoms with van der Waals surface area (Å²) in [6.45, 7) is 2.20. The molecular weight excluding hydrogens is 363 g/mol. The number of halogens is 1. The molecule has 0 saturated carbocycles. The molecule has 1 unspecified atom stereocenters. The first-order chi connectivity index (χ1) is 9.69. The fraction of sp³-hybridized carbons (Fsp3) is 0.188. The average molecular weight is 378 g/mol. The first-order valence-electron chi connectivity index (χ1n) is 6.31. The third kappa shape index (κ3) is 4.14. The van der Waals surface area contributed by atoms with Crippen molar-refractivity contribution in [3.05, 3.63) is 57.7 Å². The lowest BCUT2D eigenvalue weighted by Crippen LogP contribution is -2.06. The minimum atomic E-state index is 0.0752. The van der Waals surface area contributed by atoms with Crippen molar-refractivity contribution in [2.75, 3.05) is 11.9 Å². The SMILES string of the molecule is CC(Nc1ccc(OCC#N)cc1)c1ccc(I)cc1. The van der Waals surface area contributed by atoms with Crippen LogP contribution in [0.2, 0.25) is 0 Å². The summed E-state index contributed by atoms with van der Waals surface area (Å²) < 4.78 is 6.46. The quantitative estimate of drug-likeness (QED) is 0.787. The van der Waals surface area contributed by atoms with Gasteiger partial charge in [-0.2, -0.15) is 5.26 Å². The molecule has 4 heteroatoms. The monoisotopic (exact) mass is 378 g/mol. The summed E-state index contributed by atoms with van der Waals surface area (Å²) in [5.41, 5.74) is 2.27. The Bertz CT molecular complexity index is 587. The third-order valence-electron chi connectivity index (χ3n) is 2.91. The number of benzene rings is 2. The van der Waals surface area contributed by atoms with Crippen LogP contribution in [-0.2, 0) is 0 Å². The van der Waals surface area contributed by atoms with Gasteiger partial charge < -0.3 is 10.1 Å². The van der Waals surface area contributed by atoms with Crippen molar-refractivity contribution >= 4 is 28.3 Å². The van der Waals surface area contributed by atoms with E-state index in [9.17, 15) is 0 Å². The van der Waals surface area contributed by atoms with Crippen molar-refractivity contribution in [2.45, 2.75) is 13.0 Å². The number of nitriles is 1. The van der Waals surface area contributed by atoms with Gasteiger partial charge in [-0.05, 0) is 71.5 Å². The Morgan fingerprint density at radius 3 is 2.40 bits per heavy atom. The van der Waals surface area contributed by atoms with Gasteiger partial charge in [-0.1, -0.05) is 12.1 Å². The Labute approximate surface area is 132 Å². The lowest BCUT2D eigenvalue weighted by Gasteiger charge is -2.16. The van der Waals surface area contributed by atoms with Crippen LogP contribution in [0.1, 0.15) is 18.5 Å². The van der Waals surface area contributed by atoms with E-state index in [0.717, 1.165) is 5.69 Å². The molecule has 3 nitrogen and oxygen atoms in total. The molecule has 0 aromatic heterocycles. The summed E-state index contributed by atoms with van der Waals surface area (Å²) in [6, 6.07) is 18.3. The summed E-state index contributed by atoms with van der Waals surface area (Å²) in [6.07, 6.45) is 0. The van der Waals surface area contributed by atoms with E-state index in [4.69, 9.17) is 10.00 Å². The van der Waals surface area contributed by atoms with Crippen LogP contribution >= 0.6 is 22.6 Å². The molecule has 0 aliphatic carbocycles. The van der Waals surface area contributed by atoms with Crippen molar-refractivity contribution < 1.29 is 4.74 Å². The van der Waals surface area contributed by atoms with Crippen LogP contribution in [0.3, 0.4) is 0 Å². The second-order valence-electron chi connectivity index (χ2n) is 4.39. The molecule has 2 aromatic rings. The maximum absolute atomic E-state index is 8.46. The Kier molecular flexibility index (Phi) is 5.24. The Morgan fingerprint density at radius 2 is 1.80 bits per heavy atom. The second-order valence-corrected chi connectivity index (χ2v) is 5.63. The number of hydrogen-bond acceptors (Lipinski definition) is 3. The van der Waals surface area contributed by atoms with E-state index in [1.807, 2.05) is 30.3 Å². The molecule has 1 atom stereocenters. The van der Waals surface area contributed by atoms with Gasteiger partial charge in [-0.3, -0.25) is 0 Å². The van der Waals surface area contributed by atoms with E-state index in [1.165, 1.54) is 9.13 Å². The van der Waals surface area contributed by atoms with Crippen molar-refractivity contribution in [2.24, 2.45) is 0 Å². The zero-order valence-electron chi connectivity index (χ0n) is 11.1. The molecule has 0 heterocycles. The summed E-state index contributed by atoms with van der Waals surface area (Å²) in [7, 11) is 0. The predicted molar refractivity (Wildman–Crippen MR) is 88.7 cm³/mol. The molecule has 20 heavy (non-hydrogen) atoms. The Hall–Kier alpha value is -1.74. The van der Waals surface area contributed by atoms with Crippen LogP contribution in [-0.4, -0.2) is 6.61 Å². The van der Waals surface area contributed by atoms with Gasteiger partial charge in [0.25, 0.3) is 0 Å². The van der Waals surface area contributed by atoms with Crippen molar-refractivity contribution in [1.82, 2.24) is 0 Å². The molecule has 0 amide bonds. The molecule has 1 N–H and O–H groups in total. The average Bonchev–Trinajstić information content (AvgIpc) is 2.47. The molecule has 0 radical (unpaired) electrons. The zero-order valence-corrected chi connectivity index (χ0v) is 13.3. The molecule has 0 aliphatic heterocycles. The molecule has 2 aromatic carbocycles. The minimum absolute atomic E-state index is 0.0752. The number of anilines is 1. The topological polar surface area (TPSA) is 45.0 Å². The molecule has 0 bridgehead atoms. The van der Waals surface area contributed by atoms with Crippen molar-refractivity contribution in [3.63, 3.8) is 0 Å². The molecule has 102 valence electrons. The molecule has 2 rings (SSSR count). The number of nitrogens with zero attached hydrogens (tertiary/aromatic N) is 1. The summed E-state index contributed by atoms with van der Waals surface area (Å²) in [4.78, 5) is 0. The predicted octanol–water partition coefficient (Wildman–Crippen LogP) is 4.37. The fourth-order valence-electron chi connectivity index (χ4n) is 1.85. The van der Waals surface area contributed by atoms with E-state index in [0.29, 0.717) is 5.75 Å². The highest BCUT2D eigenvalue weighted by Gasteiger charge is 2.05. The van der Waals surface area contributed by atoms with Gasteiger partial charge in [0.1, 0.15) is 11.8 Å². The van der Waals surface area contributed by atoms with Crippen LogP contribution in [0.25, 0.3) is 0 Å². The minimum Gasteiger partial charge on any atom is -0.479 e. The van der Waals surface area contributed by atoms with Crippen LogP contribution in [0.4, 0.5) is 5.69 Å². The highest BCUT2D eigenvalue weighted by Crippen LogP contribution is 2.22. The van der Waals surface area contributed by atoms with E-state index in [1.54, 1.807) is 0 Å². The third-order valence-corrected chi connectivity index (χ3v) is 3.63. The summed E-state index contributed by atoms with van der Waals surface area (Å²) in [5, 5.41) is 11.9. The maximum atomic E-state index is 8.46. The molecule has 0 aliphatic rings. The van der Waals surface area contributed by atoms with Gasteiger partial charge >= 0.3 is 0 Å². The van der Waals surface area contributed by atoms with Gasteiger partial charge in [-0.25, -0.2) is 0 Å². The molecule has 0 saturated heterocycles. The van der Waals surface area contributed by atoms with E-state index >= 15 is 0 Å². The number of rotatable bonds is 5. The lowest BCUT2D eigenvalue weighted by molar-refractivity contribution is 0.368. The molecule has 0 fully saturated rings. The summed E-state index contributed by atoms with van der Waals surface area (Å²) >= 11 is 2.30. The number of hydrogen-bond donors (Lipinski definition) is 1. The van der Waals surface area contributed by atoms with Crippen LogP contribution in [0.15, 0.2) is 48.5 Å². The Morgan fingerprint density at radius 1 is 1.15 bits per heavy atom. The van der Waals surface area contributed by atoms with Crippen LogP contribution in [0, 0.1) is 14.9 Å². The fourth-order valence-corrected chi connectivity index (χ4v) is 2.21. The highest BCUT2D eigenvalue weighted by molar-refractivity contribution is 14.1.